The number of carbonyl (C=O) groups is 1. The Morgan fingerprint density at radius 2 is 2.14 bits per heavy atom. The van der Waals surface area contributed by atoms with Crippen molar-refractivity contribution >= 4 is 5.78 Å². The van der Waals surface area contributed by atoms with E-state index in [1.165, 1.54) is 12.4 Å². The van der Waals surface area contributed by atoms with Gasteiger partial charge in [-0.25, -0.2) is 9.97 Å². The summed E-state index contributed by atoms with van der Waals surface area (Å²) < 4.78 is 0. The third-order valence-electron chi connectivity index (χ3n) is 1.73. The van der Waals surface area contributed by atoms with Gasteiger partial charge in [0.2, 0.25) is 5.78 Å². The van der Waals surface area contributed by atoms with Crippen LogP contribution in [0.5, 0.6) is 0 Å². The summed E-state index contributed by atoms with van der Waals surface area (Å²) in [6.07, 6.45) is 6.11. The van der Waals surface area contributed by atoms with Crippen molar-refractivity contribution in [3.05, 3.63) is 42.0 Å². The zero-order valence-corrected chi connectivity index (χ0v) is 7.56. The molecule has 70 valence electrons. The maximum absolute atomic E-state index is 11.6. The lowest BCUT2D eigenvalue weighted by Gasteiger charge is -1.96. The van der Waals surface area contributed by atoms with Gasteiger partial charge in [0.05, 0.1) is 11.9 Å². The zero-order valence-electron chi connectivity index (χ0n) is 7.56. The molecule has 5 heteroatoms. The molecule has 5 nitrogen and oxygen atoms in total. The lowest BCUT2D eigenvalue weighted by atomic mass is 10.3. The highest BCUT2D eigenvalue weighted by atomic mass is 16.1. The van der Waals surface area contributed by atoms with Crippen molar-refractivity contribution < 1.29 is 4.79 Å². The fraction of sp³-hybridized carbons (Fsp3) is 0.111. The summed E-state index contributed by atoms with van der Waals surface area (Å²) in [6, 6.07) is 0. The summed E-state index contributed by atoms with van der Waals surface area (Å²) >= 11 is 0. The predicted octanol–water partition coefficient (Wildman–Crippen LogP) is 0.739. The highest BCUT2D eigenvalue weighted by Gasteiger charge is 2.12. The van der Waals surface area contributed by atoms with Crippen molar-refractivity contribution in [2.45, 2.75) is 6.92 Å². The molecule has 2 rings (SSSR count). The molecular formula is C9H8N4O. The number of ketones is 1. The number of hydrogen-bond donors (Lipinski definition) is 1. The number of imidazole rings is 1. The predicted molar refractivity (Wildman–Crippen MR) is 48.8 cm³/mol. The highest BCUT2D eigenvalue weighted by Crippen LogP contribution is 2.01. The van der Waals surface area contributed by atoms with E-state index in [0.29, 0.717) is 5.69 Å². The normalized spacial score (nSPS) is 10.1. The van der Waals surface area contributed by atoms with Crippen molar-refractivity contribution in [3.8, 4) is 0 Å². The van der Waals surface area contributed by atoms with Crippen molar-refractivity contribution in [2.75, 3.05) is 0 Å². The Labute approximate surface area is 80.2 Å². The SMILES string of the molecule is Cc1cnc(C(=O)c2ncc[nH]2)cn1. The van der Waals surface area contributed by atoms with E-state index in [-0.39, 0.29) is 11.6 Å². The smallest absolute Gasteiger partial charge is 0.248 e. The quantitative estimate of drug-likeness (QED) is 0.705. The molecule has 0 aliphatic carbocycles. The molecular weight excluding hydrogens is 180 g/mol. The van der Waals surface area contributed by atoms with Crippen LogP contribution in [0, 0.1) is 6.92 Å². The fourth-order valence-electron chi connectivity index (χ4n) is 1.02. The number of nitrogens with zero attached hydrogens (tertiary/aromatic N) is 3. The van der Waals surface area contributed by atoms with Gasteiger partial charge >= 0.3 is 0 Å². The molecule has 0 aromatic carbocycles. The van der Waals surface area contributed by atoms with Crippen LogP contribution in [0.4, 0.5) is 0 Å². The molecule has 1 N–H and O–H groups in total. The second-order valence-electron chi connectivity index (χ2n) is 2.81. The van der Waals surface area contributed by atoms with Crippen LogP contribution in [0.25, 0.3) is 0 Å². The van der Waals surface area contributed by atoms with E-state index in [1.54, 1.807) is 12.4 Å². The molecule has 0 aliphatic rings. The van der Waals surface area contributed by atoms with Gasteiger partial charge in [-0.15, -0.1) is 0 Å². The summed E-state index contributed by atoms with van der Waals surface area (Å²) in [5.41, 5.74) is 1.08. The standard InChI is InChI=1S/C9H8N4O/c1-6-4-13-7(5-12-6)8(14)9-10-2-3-11-9/h2-5H,1H3,(H,10,11). The summed E-state index contributed by atoms with van der Waals surface area (Å²) in [5, 5.41) is 0. The van der Waals surface area contributed by atoms with Crippen LogP contribution in [0.3, 0.4) is 0 Å². The first kappa shape index (κ1) is 8.55. The Bertz CT molecular complexity index is 432. The lowest BCUT2D eigenvalue weighted by Crippen LogP contribution is -2.06. The van der Waals surface area contributed by atoms with Crippen LogP contribution in [-0.4, -0.2) is 25.7 Å². The maximum atomic E-state index is 11.6. The molecule has 0 fully saturated rings. The van der Waals surface area contributed by atoms with E-state index in [0.717, 1.165) is 5.69 Å². The van der Waals surface area contributed by atoms with E-state index < -0.39 is 0 Å². The Morgan fingerprint density at radius 1 is 1.29 bits per heavy atom. The van der Waals surface area contributed by atoms with E-state index in [1.807, 2.05) is 6.92 Å². The zero-order chi connectivity index (χ0) is 9.97. The molecule has 0 unspecified atom stereocenters. The van der Waals surface area contributed by atoms with Crippen molar-refractivity contribution in [3.63, 3.8) is 0 Å². The minimum Gasteiger partial charge on any atom is -0.342 e. The molecule has 0 saturated carbocycles. The molecule has 0 atom stereocenters. The Balaban J connectivity index is 2.33. The number of aromatic amines is 1. The Morgan fingerprint density at radius 3 is 2.71 bits per heavy atom. The summed E-state index contributed by atoms with van der Waals surface area (Å²) in [5.74, 6) is 0.0330. The topological polar surface area (TPSA) is 71.5 Å². The molecule has 2 heterocycles. The molecule has 14 heavy (non-hydrogen) atoms. The van der Waals surface area contributed by atoms with Crippen LogP contribution in [0.2, 0.25) is 0 Å². The molecule has 0 aliphatic heterocycles. The van der Waals surface area contributed by atoms with Gasteiger partial charge in [0, 0.05) is 18.6 Å². The maximum Gasteiger partial charge on any atom is 0.248 e. The first-order valence-corrected chi connectivity index (χ1v) is 4.10. The average Bonchev–Trinajstić information content (AvgIpc) is 2.71. The number of H-pyrrole nitrogens is 1. The number of aromatic nitrogens is 4. The minimum absolute atomic E-state index is 0.248. The van der Waals surface area contributed by atoms with Crippen LogP contribution in [-0.2, 0) is 0 Å². The monoisotopic (exact) mass is 188 g/mol. The summed E-state index contributed by atoms with van der Waals surface area (Å²) in [7, 11) is 0. The molecule has 0 spiro atoms. The third-order valence-corrected chi connectivity index (χ3v) is 1.73. The van der Waals surface area contributed by atoms with Crippen LogP contribution in [0.1, 0.15) is 22.0 Å². The summed E-state index contributed by atoms with van der Waals surface area (Å²) in [6.45, 7) is 1.81. The molecule has 2 aromatic heterocycles. The molecule has 0 saturated heterocycles. The van der Waals surface area contributed by atoms with Crippen LogP contribution in [0.15, 0.2) is 24.8 Å². The highest BCUT2D eigenvalue weighted by molar-refractivity contribution is 6.04. The van der Waals surface area contributed by atoms with E-state index in [4.69, 9.17) is 0 Å². The minimum atomic E-state index is -0.248. The number of rotatable bonds is 2. The van der Waals surface area contributed by atoms with Gasteiger partial charge in [0.15, 0.2) is 5.82 Å². The van der Waals surface area contributed by atoms with Gasteiger partial charge in [0.25, 0.3) is 0 Å². The van der Waals surface area contributed by atoms with Gasteiger partial charge in [-0.05, 0) is 6.92 Å². The second kappa shape index (κ2) is 3.37. The lowest BCUT2D eigenvalue weighted by molar-refractivity contribution is 0.102. The molecule has 0 bridgehead atoms. The Kier molecular flexibility index (Phi) is 2.06. The van der Waals surface area contributed by atoms with Crippen LogP contribution < -0.4 is 0 Å². The fourth-order valence-corrected chi connectivity index (χ4v) is 1.02. The Hall–Kier alpha value is -2.04. The van der Waals surface area contributed by atoms with Gasteiger partial charge in [0.1, 0.15) is 5.69 Å². The second-order valence-corrected chi connectivity index (χ2v) is 2.81. The molecule has 0 amide bonds. The van der Waals surface area contributed by atoms with Crippen LogP contribution >= 0.6 is 0 Å². The first-order valence-electron chi connectivity index (χ1n) is 4.10. The molecule has 0 radical (unpaired) electrons. The van der Waals surface area contributed by atoms with E-state index in [2.05, 4.69) is 19.9 Å². The number of hydrogen-bond acceptors (Lipinski definition) is 4. The average molecular weight is 188 g/mol. The van der Waals surface area contributed by atoms with Gasteiger partial charge in [-0.2, -0.15) is 0 Å². The van der Waals surface area contributed by atoms with Crippen molar-refractivity contribution in [2.24, 2.45) is 0 Å². The first-order chi connectivity index (χ1) is 6.77. The summed E-state index contributed by atoms with van der Waals surface area (Å²) in [4.78, 5) is 26.1. The largest absolute Gasteiger partial charge is 0.342 e. The third kappa shape index (κ3) is 1.52. The number of carbonyl (C=O) groups excluding carboxylic acids is 1. The van der Waals surface area contributed by atoms with E-state index in [9.17, 15) is 4.79 Å². The van der Waals surface area contributed by atoms with Gasteiger partial charge in [-0.1, -0.05) is 0 Å². The van der Waals surface area contributed by atoms with Gasteiger partial charge < -0.3 is 4.98 Å². The number of nitrogens with one attached hydrogen (secondary N) is 1. The van der Waals surface area contributed by atoms with Crippen molar-refractivity contribution in [1.29, 1.82) is 0 Å². The van der Waals surface area contributed by atoms with E-state index >= 15 is 0 Å². The van der Waals surface area contributed by atoms with Gasteiger partial charge in [-0.3, -0.25) is 9.78 Å². The number of aryl methyl sites for hydroxylation is 1. The molecule has 2 aromatic rings. The van der Waals surface area contributed by atoms with Crippen molar-refractivity contribution in [1.82, 2.24) is 19.9 Å².